The largest absolute Gasteiger partial charge is 0.381 e. The van der Waals surface area contributed by atoms with E-state index in [1.54, 1.807) is 0 Å². The van der Waals surface area contributed by atoms with Crippen LogP contribution in [-0.4, -0.2) is 13.2 Å². The van der Waals surface area contributed by atoms with Gasteiger partial charge in [-0.25, -0.2) is 0 Å². The van der Waals surface area contributed by atoms with Crippen LogP contribution in [0, 0.1) is 17.8 Å². The number of hydrogen-bond donors (Lipinski definition) is 0. The molecule has 0 N–H and O–H groups in total. The normalized spacial score (nSPS) is 34.8. The molecule has 0 aromatic heterocycles. The van der Waals surface area contributed by atoms with E-state index in [0.29, 0.717) is 0 Å². The monoisotopic (exact) mass is 142 g/mol. The zero-order chi connectivity index (χ0) is 7.56. The molecule has 0 aromatic carbocycles. The molecule has 1 heteroatoms. The lowest BCUT2D eigenvalue weighted by molar-refractivity contribution is 0.00386. The Morgan fingerprint density at radius 3 is 2.50 bits per heavy atom. The van der Waals surface area contributed by atoms with Gasteiger partial charge >= 0.3 is 0 Å². The Morgan fingerprint density at radius 1 is 1.40 bits per heavy atom. The molecule has 0 unspecified atom stereocenters. The van der Waals surface area contributed by atoms with Crippen LogP contribution in [0.15, 0.2) is 0 Å². The number of rotatable bonds is 1. The first-order valence-electron chi connectivity index (χ1n) is 4.29. The van der Waals surface area contributed by atoms with Crippen LogP contribution in [0.4, 0.5) is 0 Å². The summed E-state index contributed by atoms with van der Waals surface area (Å²) in [5, 5.41) is 0. The molecule has 0 radical (unpaired) electrons. The highest BCUT2D eigenvalue weighted by Crippen LogP contribution is 2.27. The second kappa shape index (κ2) is 3.38. The molecule has 0 amide bonds. The van der Waals surface area contributed by atoms with Gasteiger partial charge in [-0.2, -0.15) is 0 Å². The molecule has 1 heterocycles. The molecule has 1 nitrogen and oxygen atoms in total. The van der Waals surface area contributed by atoms with Gasteiger partial charge in [-0.05, 0) is 24.2 Å². The Kier molecular flexibility index (Phi) is 2.72. The van der Waals surface area contributed by atoms with Gasteiger partial charge in [-0.3, -0.25) is 0 Å². The second-order valence-electron chi connectivity index (χ2n) is 3.75. The van der Waals surface area contributed by atoms with Crippen molar-refractivity contribution in [3.63, 3.8) is 0 Å². The van der Waals surface area contributed by atoms with Gasteiger partial charge in [0.05, 0.1) is 0 Å². The van der Waals surface area contributed by atoms with Crippen molar-refractivity contribution in [2.45, 2.75) is 27.2 Å². The highest BCUT2D eigenvalue weighted by molar-refractivity contribution is 4.72. The Balaban J connectivity index is 2.40. The van der Waals surface area contributed by atoms with E-state index < -0.39 is 0 Å². The van der Waals surface area contributed by atoms with E-state index in [4.69, 9.17) is 4.74 Å². The Bertz CT molecular complexity index is 98.9. The first-order chi connectivity index (χ1) is 4.72. The van der Waals surface area contributed by atoms with Gasteiger partial charge in [0, 0.05) is 13.2 Å². The summed E-state index contributed by atoms with van der Waals surface area (Å²) in [7, 11) is 0. The van der Waals surface area contributed by atoms with Crippen molar-refractivity contribution in [1.82, 2.24) is 0 Å². The van der Waals surface area contributed by atoms with Gasteiger partial charge in [-0.15, -0.1) is 0 Å². The van der Waals surface area contributed by atoms with Crippen LogP contribution in [0.1, 0.15) is 27.2 Å². The quantitative estimate of drug-likeness (QED) is 0.546. The highest BCUT2D eigenvalue weighted by Gasteiger charge is 2.24. The average Bonchev–Trinajstić information content (AvgIpc) is 1.88. The lowest BCUT2D eigenvalue weighted by Gasteiger charge is -2.31. The predicted octanol–water partition coefficient (Wildman–Crippen LogP) is 2.32. The van der Waals surface area contributed by atoms with Crippen molar-refractivity contribution in [2.24, 2.45) is 17.8 Å². The molecule has 60 valence electrons. The zero-order valence-electron chi connectivity index (χ0n) is 7.26. The summed E-state index contributed by atoms with van der Waals surface area (Å²) >= 11 is 0. The molecule has 0 aromatic rings. The number of hydrogen-bond acceptors (Lipinski definition) is 1. The third kappa shape index (κ3) is 1.72. The minimum atomic E-state index is 0.787. The molecule has 2 atom stereocenters. The molecule has 10 heavy (non-hydrogen) atoms. The first-order valence-corrected chi connectivity index (χ1v) is 4.29. The van der Waals surface area contributed by atoms with E-state index in [9.17, 15) is 0 Å². The lowest BCUT2D eigenvalue weighted by atomic mass is 9.82. The standard InChI is InChI=1S/C9H18O/c1-7(2)9-6-10-5-4-8(9)3/h7-9H,4-6H2,1-3H3/t8-,9+/m1/s1. The van der Waals surface area contributed by atoms with E-state index in [0.717, 1.165) is 31.0 Å². The molecule has 1 aliphatic heterocycles. The Morgan fingerprint density at radius 2 is 2.10 bits per heavy atom. The number of ether oxygens (including phenoxy) is 1. The van der Waals surface area contributed by atoms with Crippen molar-refractivity contribution in [1.29, 1.82) is 0 Å². The van der Waals surface area contributed by atoms with Gasteiger partial charge < -0.3 is 4.74 Å². The second-order valence-corrected chi connectivity index (χ2v) is 3.75. The molecule has 1 rings (SSSR count). The van der Waals surface area contributed by atoms with Crippen molar-refractivity contribution in [3.05, 3.63) is 0 Å². The summed E-state index contributed by atoms with van der Waals surface area (Å²) < 4.78 is 5.41. The fourth-order valence-corrected chi connectivity index (χ4v) is 1.72. The summed E-state index contributed by atoms with van der Waals surface area (Å²) in [4.78, 5) is 0. The zero-order valence-corrected chi connectivity index (χ0v) is 7.26. The summed E-state index contributed by atoms with van der Waals surface area (Å²) in [6, 6.07) is 0. The molecule has 1 aliphatic rings. The van der Waals surface area contributed by atoms with Crippen molar-refractivity contribution in [2.75, 3.05) is 13.2 Å². The van der Waals surface area contributed by atoms with Crippen LogP contribution in [0.25, 0.3) is 0 Å². The topological polar surface area (TPSA) is 9.23 Å². The minimum absolute atomic E-state index is 0.787. The van der Waals surface area contributed by atoms with Crippen molar-refractivity contribution in [3.8, 4) is 0 Å². The van der Waals surface area contributed by atoms with Gasteiger partial charge in [0.2, 0.25) is 0 Å². The predicted molar refractivity (Wildman–Crippen MR) is 42.9 cm³/mol. The van der Waals surface area contributed by atoms with Crippen LogP contribution in [0.3, 0.4) is 0 Å². The van der Waals surface area contributed by atoms with Gasteiger partial charge in [0.25, 0.3) is 0 Å². The molecule has 1 saturated heterocycles. The maximum Gasteiger partial charge on any atom is 0.0499 e. The average molecular weight is 142 g/mol. The van der Waals surface area contributed by atoms with Gasteiger partial charge in [0.15, 0.2) is 0 Å². The summed E-state index contributed by atoms with van der Waals surface area (Å²) in [6.45, 7) is 8.88. The molecule has 1 fully saturated rings. The lowest BCUT2D eigenvalue weighted by Crippen LogP contribution is -2.29. The smallest absolute Gasteiger partial charge is 0.0499 e. The van der Waals surface area contributed by atoms with Crippen LogP contribution >= 0.6 is 0 Å². The molecule has 0 bridgehead atoms. The molecule has 0 aliphatic carbocycles. The van der Waals surface area contributed by atoms with Crippen LogP contribution in [-0.2, 0) is 4.74 Å². The van der Waals surface area contributed by atoms with Gasteiger partial charge in [0.1, 0.15) is 0 Å². The minimum Gasteiger partial charge on any atom is -0.381 e. The van der Waals surface area contributed by atoms with Crippen LogP contribution < -0.4 is 0 Å². The fourth-order valence-electron chi connectivity index (χ4n) is 1.72. The summed E-state index contributed by atoms with van der Waals surface area (Å²) in [5.41, 5.74) is 0. The molecular formula is C9H18O. The van der Waals surface area contributed by atoms with E-state index in [1.165, 1.54) is 6.42 Å². The Hall–Kier alpha value is -0.0400. The summed E-state index contributed by atoms with van der Waals surface area (Å²) in [6.07, 6.45) is 1.25. The third-order valence-electron chi connectivity index (χ3n) is 2.62. The fraction of sp³-hybridized carbons (Fsp3) is 1.00. The van der Waals surface area contributed by atoms with Crippen LogP contribution in [0.2, 0.25) is 0 Å². The van der Waals surface area contributed by atoms with Crippen LogP contribution in [0.5, 0.6) is 0 Å². The van der Waals surface area contributed by atoms with E-state index >= 15 is 0 Å². The molecule has 0 spiro atoms. The van der Waals surface area contributed by atoms with E-state index in [2.05, 4.69) is 20.8 Å². The Labute approximate surface area is 63.8 Å². The van der Waals surface area contributed by atoms with Crippen molar-refractivity contribution >= 4 is 0 Å². The van der Waals surface area contributed by atoms with E-state index in [1.807, 2.05) is 0 Å². The third-order valence-corrected chi connectivity index (χ3v) is 2.62. The highest BCUT2D eigenvalue weighted by atomic mass is 16.5. The maximum atomic E-state index is 5.41. The first kappa shape index (κ1) is 8.06. The maximum absolute atomic E-state index is 5.41. The molecule has 0 saturated carbocycles. The van der Waals surface area contributed by atoms with Crippen molar-refractivity contribution < 1.29 is 4.74 Å². The van der Waals surface area contributed by atoms with Gasteiger partial charge in [-0.1, -0.05) is 20.8 Å². The van der Waals surface area contributed by atoms with E-state index in [-0.39, 0.29) is 0 Å². The SMILES string of the molecule is CC(C)[C@@H]1COCC[C@H]1C. The molecular weight excluding hydrogens is 124 g/mol. The summed E-state index contributed by atoms with van der Waals surface area (Å²) in [5.74, 6) is 2.46.